The first-order valence-corrected chi connectivity index (χ1v) is 9.46. The van der Waals surface area contributed by atoms with Crippen molar-refractivity contribution in [3.63, 3.8) is 0 Å². The van der Waals surface area contributed by atoms with E-state index in [0.29, 0.717) is 32.6 Å². The number of hydrogen-bond acceptors (Lipinski definition) is 4. The standard InChI is InChI=1S/C19H21FN2O3S/c20-15-5-3-14(4-6-15)16(7-8-18(23)24)21-9-11-22(12-10-21)19(25)17-2-1-13-26-17/h1-6,13,16H,7-12H2,(H,23,24)/t16-/m1/s1. The maximum absolute atomic E-state index is 13.2. The topological polar surface area (TPSA) is 60.9 Å². The van der Waals surface area contributed by atoms with E-state index in [0.717, 1.165) is 10.4 Å². The number of carbonyl (C=O) groups is 2. The number of hydrogen-bond donors (Lipinski definition) is 1. The summed E-state index contributed by atoms with van der Waals surface area (Å²) in [4.78, 5) is 28.2. The zero-order chi connectivity index (χ0) is 18.5. The maximum atomic E-state index is 13.2. The minimum atomic E-state index is -0.844. The zero-order valence-electron chi connectivity index (χ0n) is 14.3. The van der Waals surface area contributed by atoms with Crippen molar-refractivity contribution in [3.8, 4) is 0 Å². The summed E-state index contributed by atoms with van der Waals surface area (Å²) in [6.45, 7) is 2.53. The number of amides is 1. The lowest BCUT2D eigenvalue weighted by Gasteiger charge is -2.39. The molecule has 0 aliphatic carbocycles. The van der Waals surface area contributed by atoms with Gasteiger partial charge in [0, 0.05) is 38.6 Å². The van der Waals surface area contributed by atoms with Crippen molar-refractivity contribution in [1.82, 2.24) is 9.80 Å². The molecule has 1 N–H and O–H groups in total. The predicted molar refractivity (Wildman–Crippen MR) is 97.8 cm³/mol. The minimum Gasteiger partial charge on any atom is -0.481 e. The lowest BCUT2D eigenvalue weighted by atomic mass is 9.99. The van der Waals surface area contributed by atoms with Crippen LogP contribution in [0.25, 0.3) is 0 Å². The molecule has 5 nitrogen and oxygen atoms in total. The Balaban J connectivity index is 1.67. The Labute approximate surface area is 155 Å². The number of carbonyl (C=O) groups excluding carboxylic acids is 1. The highest BCUT2D eigenvalue weighted by atomic mass is 32.1. The summed E-state index contributed by atoms with van der Waals surface area (Å²) in [6, 6.07) is 9.83. The largest absolute Gasteiger partial charge is 0.481 e. The van der Waals surface area contributed by atoms with Gasteiger partial charge in [-0.15, -0.1) is 11.3 Å². The number of carboxylic acids is 1. The van der Waals surface area contributed by atoms with Crippen LogP contribution in [0.3, 0.4) is 0 Å². The summed E-state index contributed by atoms with van der Waals surface area (Å²) in [5.74, 6) is -1.11. The van der Waals surface area contributed by atoms with Crippen LogP contribution in [-0.4, -0.2) is 53.0 Å². The fraction of sp³-hybridized carbons (Fsp3) is 0.368. The molecule has 0 saturated carbocycles. The van der Waals surface area contributed by atoms with E-state index in [1.54, 1.807) is 12.1 Å². The average Bonchev–Trinajstić information content (AvgIpc) is 3.18. The molecule has 1 saturated heterocycles. The molecular formula is C19H21FN2O3S. The fourth-order valence-corrected chi connectivity index (χ4v) is 3.99. The Morgan fingerprint density at radius 1 is 1.12 bits per heavy atom. The van der Waals surface area contributed by atoms with Crippen molar-refractivity contribution >= 4 is 23.2 Å². The Bertz CT molecular complexity index is 741. The van der Waals surface area contributed by atoms with Crippen LogP contribution in [0.4, 0.5) is 4.39 Å². The molecule has 2 aromatic rings. The molecule has 0 radical (unpaired) electrons. The lowest BCUT2D eigenvalue weighted by Crippen LogP contribution is -2.49. The van der Waals surface area contributed by atoms with E-state index < -0.39 is 5.97 Å². The molecule has 1 aliphatic rings. The maximum Gasteiger partial charge on any atom is 0.303 e. The van der Waals surface area contributed by atoms with Gasteiger partial charge in [-0.1, -0.05) is 18.2 Å². The number of rotatable bonds is 6. The molecule has 1 aromatic heterocycles. The van der Waals surface area contributed by atoms with Gasteiger partial charge in [-0.05, 0) is 35.6 Å². The fourth-order valence-electron chi connectivity index (χ4n) is 3.30. The van der Waals surface area contributed by atoms with Crippen LogP contribution >= 0.6 is 11.3 Å². The van der Waals surface area contributed by atoms with Gasteiger partial charge in [-0.3, -0.25) is 14.5 Å². The summed E-state index contributed by atoms with van der Waals surface area (Å²) in [7, 11) is 0. The molecule has 7 heteroatoms. The third kappa shape index (κ3) is 4.47. The van der Waals surface area contributed by atoms with Crippen LogP contribution in [0.1, 0.15) is 34.1 Å². The van der Waals surface area contributed by atoms with Crippen molar-refractivity contribution < 1.29 is 19.1 Å². The highest BCUT2D eigenvalue weighted by Gasteiger charge is 2.28. The van der Waals surface area contributed by atoms with Crippen LogP contribution < -0.4 is 0 Å². The number of thiophene rings is 1. The van der Waals surface area contributed by atoms with E-state index in [9.17, 15) is 14.0 Å². The molecular weight excluding hydrogens is 355 g/mol. The minimum absolute atomic E-state index is 0.0449. The molecule has 138 valence electrons. The number of nitrogens with zero attached hydrogens (tertiary/aromatic N) is 2. The molecule has 1 atom stereocenters. The molecule has 2 heterocycles. The quantitative estimate of drug-likeness (QED) is 0.841. The first-order valence-electron chi connectivity index (χ1n) is 8.58. The number of halogens is 1. The smallest absolute Gasteiger partial charge is 0.303 e. The van der Waals surface area contributed by atoms with Gasteiger partial charge >= 0.3 is 5.97 Å². The summed E-state index contributed by atoms with van der Waals surface area (Å²) in [5.41, 5.74) is 0.908. The van der Waals surface area contributed by atoms with Crippen LogP contribution in [-0.2, 0) is 4.79 Å². The molecule has 3 rings (SSSR count). The van der Waals surface area contributed by atoms with Gasteiger partial charge in [0.1, 0.15) is 5.82 Å². The molecule has 1 aliphatic heterocycles. The van der Waals surface area contributed by atoms with E-state index >= 15 is 0 Å². The van der Waals surface area contributed by atoms with E-state index in [1.165, 1.54) is 23.5 Å². The second-order valence-corrected chi connectivity index (χ2v) is 7.25. The van der Waals surface area contributed by atoms with Gasteiger partial charge in [0.25, 0.3) is 5.91 Å². The first-order chi connectivity index (χ1) is 12.5. The van der Waals surface area contributed by atoms with Crippen LogP contribution in [0.2, 0.25) is 0 Å². The SMILES string of the molecule is O=C(O)CC[C@H](c1ccc(F)cc1)N1CCN(C(=O)c2cccs2)CC1. The third-order valence-corrected chi connectivity index (χ3v) is 5.52. The Hall–Kier alpha value is -2.25. The van der Waals surface area contributed by atoms with E-state index in [2.05, 4.69) is 4.90 Å². The van der Waals surface area contributed by atoms with Gasteiger partial charge in [-0.2, -0.15) is 0 Å². The van der Waals surface area contributed by atoms with Gasteiger partial charge < -0.3 is 10.0 Å². The Kier molecular flexibility index (Phi) is 6.00. The Morgan fingerprint density at radius 2 is 1.81 bits per heavy atom. The summed E-state index contributed by atoms with van der Waals surface area (Å²) in [5, 5.41) is 10.9. The number of benzene rings is 1. The van der Waals surface area contributed by atoms with Gasteiger partial charge in [-0.25, -0.2) is 4.39 Å². The van der Waals surface area contributed by atoms with Crippen molar-refractivity contribution in [2.24, 2.45) is 0 Å². The van der Waals surface area contributed by atoms with Crippen molar-refractivity contribution in [1.29, 1.82) is 0 Å². The van der Waals surface area contributed by atoms with Crippen molar-refractivity contribution in [2.75, 3.05) is 26.2 Å². The molecule has 0 unspecified atom stereocenters. The van der Waals surface area contributed by atoms with E-state index in [4.69, 9.17) is 5.11 Å². The summed E-state index contributed by atoms with van der Waals surface area (Å²) >= 11 is 1.44. The number of piperazine rings is 1. The summed E-state index contributed by atoms with van der Waals surface area (Å²) in [6.07, 6.45) is 0.510. The van der Waals surface area contributed by atoms with E-state index in [1.807, 2.05) is 22.4 Å². The molecule has 1 amide bonds. The number of carboxylic acid groups (broad SMARTS) is 1. The van der Waals surface area contributed by atoms with Crippen LogP contribution in [0.15, 0.2) is 41.8 Å². The third-order valence-electron chi connectivity index (χ3n) is 4.66. The lowest BCUT2D eigenvalue weighted by molar-refractivity contribution is -0.137. The molecule has 0 bridgehead atoms. The molecule has 1 aromatic carbocycles. The van der Waals surface area contributed by atoms with Crippen LogP contribution in [0.5, 0.6) is 0 Å². The van der Waals surface area contributed by atoms with E-state index in [-0.39, 0.29) is 24.2 Å². The first kappa shape index (κ1) is 18.5. The highest BCUT2D eigenvalue weighted by molar-refractivity contribution is 7.12. The molecule has 26 heavy (non-hydrogen) atoms. The van der Waals surface area contributed by atoms with Crippen molar-refractivity contribution in [3.05, 3.63) is 58.0 Å². The predicted octanol–water partition coefficient (Wildman–Crippen LogP) is 3.25. The van der Waals surface area contributed by atoms with Gasteiger partial charge in [0.15, 0.2) is 0 Å². The van der Waals surface area contributed by atoms with Crippen molar-refractivity contribution in [2.45, 2.75) is 18.9 Å². The van der Waals surface area contributed by atoms with Gasteiger partial charge in [0.05, 0.1) is 4.88 Å². The summed E-state index contributed by atoms with van der Waals surface area (Å²) < 4.78 is 13.2. The highest BCUT2D eigenvalue weighted by Crippen LogP contribution is 2.27. The Morgan fingerprint density at radius 3 is 2.38 bits per heavy atom. The average molecular weight is 376 g/mol. The molecule has 1 fully saturated rings. The monoisotopic (exact) mass is 376 g/mol. The normalized spacial score (nSPS) is 16.4. The second kappa shape index (κ2) is 8.42. The van der Waals surface area contributed by atoms with Gasteiger partial charge in [0.2, 0.25) is 0 Å². The van der Waals surface area contributed by atoms with Crippen LogP contribution in [0, 0.1) is 5.82 Å². The number of aliphatic carboxylic acids is 1. The second-order valence-electron chi connectivity index (χ2n) is 6.31. The molecule has 0 spiro atoms. The zero-order valence-corrected chi connectivity index (χ0v) is 15.1.